The second-order valence-electron chi connectivity index (χ2n) is 9.45. The lowest BCUT2D eigenvalue weighted by Gasteiger charge is -2.33. The molecule has 6 atom stereocenters. The lowest BCUT2D eigenvalue weighted by atomic mass is 10.1. The molecule has 224 valence electrons. The third-order valence-electron chi connectivity index (χ3n) is 5.28. The quantitative estimate of drug-likeness (QED) is 0.0805. The lowest BCUT2D eigenvalue weighted by Crippen LogP contribution is -2.46. The van der Waals surface area contributed by atoms with Crippen molar-refractivity contribution in [1.29, 1.82) is 0 Å². The number of hydrogen-bond donors (Lipinski definition) is 4. The van der Waals surface area contributed by atoms with Crippen LogP contribution >= 0.6 is 6.57 Å². The van der Waals surface area contributed by atoms with E-state index in [0.29, 0.717) is 4.57 Å². The fourth-order valence-electron chi connectivity index (χ4n) is 3.48. The summed E-state index contributed by atoms with van der Waals surface area (Å²) in [6.07, 6.45) is -6.16. The van der Waals surface area contributed by atoms with Gasteiger partial charge in [-0.05, 0) is 58.9 Å². The van der Waals surface area contributed by atoms with Crippen molar-refractivity contribution in [1.82, 2.24) is 19.7 Å². The summed E-state index contributed by atoms with van der Waals surface area (Å²) >= 11 is 5.60. The second kappa shape index (κ2) is 13.8. The number of aromatic amines is 1. The summed E-state index contributed by atoms with van der Waals surface area (Å²) in [4.78, 5) is 53.1. The lowest BCUT2D eigenvalue weighted by molar-refractivity contribution is -0.149. The van der Waals surface area contributed by atoms with Gasteiger partial charge in [0, 0.05) is 17.2 Å². The largest absolute Gasteiger partial charge is 0.462 e. The zero-order valence-electron chi connectivity index (χ0n) is 22.6. The molecule has 1 aromatic rings. The number of H-pyrrole nitrogens is 1. The minimum absolute atomic E-state index is 0.453. The Morgan fingerprint density at radius 1 is 1.23 bits per heavy atom. The van der Waals surface area contributed by atoms with Crippen molar-refractivity contribution in [2.24, 2.45) is 5.11 Å². The van der Waals surface area contributed by atoms with Gasteiger partial charge in [0.15, 0.2) is 19.0 Å². The predicted molar refractivity (Wildman–Crippen MR) is 142 cm³/mol. The Hall–Kier alpha value is -2.69. The molecular formula is C21H33FN7O9PS. The van der Waals surface area contributed by atoms with Gasteiger partial charge in [-0.3, -0.25) is 23.9 Å². The molecule has 16 nitrogen and oxygen atoms in total. The monoisotopic (exact) mass is 609 g/mol. The van der Waals surface area contributed by atoms with Gasteiger partial charge in [0.2, 0.25) is 5.72 Å². The van der Waals surface area contributed by atoms with E-state index in [0.717, 1.165) is 12.3 Å². The van der Waals surface area contributed by atoms with Gasteiger partial charge >= 0.3 is 17.6 Å². The number of aliphatic hydroxyl groups excluding tert-OH is 1. The molecule has 1 aromatic heterocycles. The number of rotatable bonds is 13. The van der Waals surface area contributed by atoms with E-state index in [1.807, 2.05) is 4.98 Å². The van der Waals surface area contributed by atoms with E-state index in [1.165, 1.54) is 13.8 Å². The average molecular weight is 610 g/mol. The van der Waals surface area contributed by atoms with Crippen molar-refractivity contribution < 1.29 is 37.8 Å². The highest BCUT2D eigenvalue weighted by molar-refractivity contribution is 8.10. The number of azide groups is 1. The van der Waals surface area contributed by atoms with E-state index < -0.39 is 84.9 Å². The molecule has 2 rings (SSSR count). The highest BCUT2D eigenvalue weighted by atomic mass is 32.4. The van der Waals surface area contributed by atoms with Crippen LogP contribution in [0, 0.1) is 0 Å². The molecule has 1 aliphatic heterocycles. The number of aliphatic hydroxyl groups is 1. The van der Waals surface area contributed by atoms with Crippen LogP contribution in [0.4, 0.5) is 4.39 Å². The molecule has 40 heavy (non-hydrogen) atoms. The normalized spacial score (nSPS) is 24.4. The molecule has 0 unspecified atom stereocenters. The third kappa shape index (κ3) is 8.41. The Morgan fingerprint density at radius 3 is 2.20 bits per heavy atom. The minimum Gasteiger partial charge on any atom is -0.462 e. The number of ether oxygens (including phenoxy) is 3. The molecular weight excluding hydrogens is 576 g/mol. The van der Waals surface area contributed by atoms with Crippen LogP contribution in [0.2, 0.25) is 0 Å². The molecule has 1 fully saturated rings. The van der Waals surface area contributed by atoms with Crippen molar-refractivity contribution in [2.45, 2.75) is 90.1 Å². The van der Waals surface area contributed by atoms with Crippen LogP contribution in [0.25, 0.3) is 10.4 Å². The zero-order valence-corrected chi connectivity index (χ0v) is 24.3. The summed E-state index contributed by atoms with van der Waals surface area (Å²) in [6.45, 7) is 4.76. The fraction of sp³-hybridized carbons (Fsp3) is 0.714. The molecule has 19 heteroatoms. The Morgan fingerprint density at radius 2 is 1.75 bits per heavy atom. The highest BCUT2D eigenvalue weighted by Crippen LogP contribution is 2.46. The van der Waals surface area contributed by atoms with E-state index in [-0.39, 0.29) is 0 Å². The molecule has 4 N–H and O–H groups in total. The molecule has 1 saturated heterocycles. The summed E-state index contributed by atoms with van der Waals surface area (Å²) in [6, 6.07) is -1.21. The van der Waals surface area contributed by atoms with Gasteiger partial charge in [-0.15, -0.1) is 0 Å². The van der Waals surface area contributed by atoms with E-state index in [1.54, 1.807) is 27.7 Å². The Bertz CT molecular complexity index is 1250. The number of alkyl halides is 1. The Labute approximate surface area is 233 Å². The van der Waals surface area contributed by atoms with Crippen LogP contribution in [0.3, 0.4) is 0 Å². The second-order valence-corrected chi connectivity index (χ2v) is 12.9. The number of aromatic nitrogens is 2. The highest BCUT2D eigenvalue weighted by Gasteiger charge is 2.57. The van der Waals surface area contributed by atoms with Crippen LogP contribution in [-0.4, -0.2) is 75.5 Å². The Balaban J connectivity index is 2.40. The van der Waals surface area contributed by atoms with Crippen LogP contribution in [-0.2, 0) is 40.1 Å². The van der Waals surface area contributed by atoms with Crippen molar-refractivity contribution in [3.63, 3.8) is 0 Å². The summed E-state index contributed by atoms with van der Waals surface area (Å²) in [7, 11) is 0. The minimum atomic E-state index is -3.69. The number of nitrogens with zero attached hydrogens (tertiary/aromatic N) is 4. The van der Waals surface area contributed by atoms with Crippen LogP contribution in [0.5, 0.6) is 0 Å². The number of hydrogen-bond acceptors (Lipinski definition) is 11. The standard InChI is InChI=1S/C21H33FN7O9PS/c1-10(2)36-18(32)12(5)25-39(40,26-13(6)19(33)37-11(3)4)35-9-21(27-28-23)16(22)15(31)17(38-21)29-8-7-14(30)24-20(29)34/h7-8,10-13,15-17,31H,9H2,1-6H3,(H,24,30,34)(H2,25,26,40)/t12-,13-,15+,16-,17+,21+/m0/s1. The first kappa shape index (κ1) is 33.5. The zero-order chi connectivity index (χ0) is 30.4. The maximum absolute atomic E-state index is 15.5. The van der Waals surface area contributed by atoms with E-state index >= 15 is 4.39 Å². The molecule has 0 aliphatic carbocycles. The maximum Gasteiger partial charge on any atom is 0.330 e. The maximum atomic E-state index is 15.5. The van der Waals surface area contributed by atoms with E-state index in [4.69, 9.17) is 36.1 Å². The average Bonchev–Trinajstić information content (AvgIpc) is 3.07. The molecule has 2 heterocycles. The Kier molecular flexibility index (Phi) is 11.5. The molecule has 1 aliphatic rings. The third-order valence-corrected chi connectivity index (χ3v) is 8.17. The van der Waals surface area contributed by atoms with Gasteiger partial charge in [0.25, 0.3) is 5.56 Å². The molecule has 0 amide bonds. The van der Waals surface area contributed by atoms with Crippen molar-refractivity contribution in [2.75, 3.05) is 6.61 Å². The predicted octanol–water partition coefficient (Wildman–Crippen LogP) is 0.872. The summed E-state index contributed by atoms with van der Waals surface area (Å²) < 4.78 is 37.8. The van der Waals surface area contributed by atoms with E-state index in [9.17, 15) is 24.3 Å². The van der Waals surface area contributed by atoms with Gasteiger partial charge in [-0.2, -0.15) is 0 Å². The smallest absolute Gasteiger partial charge is 0.330 e. The van der Waals surface area contributed by atoms with Crippen molar-refractivity contribution in [3.05, 3.63) is 43.5 Å². The molecule has 0 saturated carbocycles. The van der Waals surface area contributed by atoms with Gasteiger partial charge in [-0.1, -0.05) is 5.11 Å². The van der Waals surface area contributed by atoms with Crippen LogP contribution in [0.15, 0.2) is 27.0 Å². The van der Waals surface area contributed by atoms with Crippen LogP contribution in [0.1, 0.15) is 47.8 Å². The number of carbonyl (C=O) groups is 2. The molecule has 0 radical (unpaired) electrons. The van der Waals surface area contributed by atoms with Crippen molar-refractivity contribution >= 4 is 30.3 Å². The number of carbonyl (C=O) groups excluding carboxylic acids is 2. The number of esters is 2. The topological polar surface area (TPSA) is 219 Å². The van der Waals surface area contributed by atoms with Crippen LogP contribution < -0.4 is 21.4 Å². The molecule has 0 spiro atoms. The summed E-state index contributed by atoms with van der Waals surface area (Å²) in [5, 5.41) is 19.4. The van der Waals surface area contributed by atoms with Gasteiger partial charge in [0.1, 0.15) is 18.2 Å². The van der Waals surface area contributed by atoms with Gasteiger partial charge in [0.05, 0.1) is 18.8 Å². The van der Waals surface area contributed by atoms with Gasteiger partial charge < -0.3 is 23.8 Å². The van der Waals surface area contributed by atoms with Crippen molar-refractivity contribution in [3.8, 4) is 0 Å². The van der Waals surface area contributed by atoms with Gasteiger partial charge in [-0.25, -0.2) is 19.4 Å². The number of halogens is 1. The first-order valence-corrected chi connectivity index (χ1v) is 14.8. The molecule has 0 aromatic carbocycles. The first-order valence-electron chi connectivity index (χ1n) is 12.1. The van der Waals surface area contributed by atoms with E-state index in [2.05, 4.69) is 20.2 Å². The molecule has 0 bridgehead atoms. The summed E-state index contributed by atoms with van der Waals surface area (Å²) in [5.41, 5.74) is 4.84. The number of nitrogens with one attached hydrogen (secondary N) is 3. The fourth-order valence-corrected chi connectivity index (χ4v) is 6.41. The first-order chi connectivity index (χ1) is 18.5. The summed E-state index contributed by atoms with van der Waals surface area (Å²) in [5.74, 6) is -1.41. The SMILES string of the molecule is CC(C)OC(=O)[C@H](C)NP(=S)(N[C@@H](C)C(=O)OC(C)C)OC[C@@]1(N=[N+]=[N-])O[C@@H](n2ccc(=O)[nH]c2=O)[C@H](O)[C@@H]1F.